The predicted octanol–water partition coefficient (Wildman–Crippen LogP) is 1.25. The second-order valence-electron chi connectivity index (χ2n) is 7.34. The van der Waals surface area contributed by atoms with Gasteiger partial charge >= 0.3 is 11.9 Å². The van der Waals surface area contributed by atoms with E-state index in [4.69, 9.17) is 16.6 Å². The minimum absolute atomic E-state index is 0.0330. The number of aliphatic carboxylic acids is 2. The number of carbonyl (C=O) groups is 3. The van der Waals surface area contributed by atoms with E-state index in [1.54, 1.807) is 19.1 Å². The van der Waals surface area contributed by atoms with Gasteiger partial charge < -0.3 is 31.9 Å². The van der Waals surface area contributed by atoms with Gasteiger partial charge in [-0.1, -0.05) is 0 Å². The summed E-state index contributed by atoms with van der Waals surface area (Å²) >= 11 is 0. The van der Waals surface area contributed by atoms with Crippen LogP contribution in [0.2, 0.25) is 0 Å². The average molecular weight is 470 g/mol. The Hall–Kier alpha value is -4.55. The second kappa shape index (κ2) is 11.4. The minimum Gasteiger partial charge on any atom is -0.481 e. The molecule has 0 saturated heterocycles. The molecular formula is C21H26N8O5. The summed E-state index contributed by atoms with van der Waals surface area (Å²) in [5.41, 5.74) is 13.4. The molecule has 0 radical (unpaired) electrons. The van der Waals surface area contributed by atoms with Crippen molar-refractivity contribution in [3.05, 3.63) is 29.8 Å². The number of aromatic nitrogens is 2. The molecule has 0 spiro atoms. The Morgan fingerprint density at radius 3 is 2.38 bits per heavy atom. The van der Waals surface area contributed by atoms with E-state index in [9.17, 15) is 19.5 Å². The highest BCUT2D eigenvalue weighted by atomic mass is 16.4. The van der Waals surface area contributed by atoms with Crippen molar-refractivity contribution in [3.8, 4) is 0 Å². The van der Waals surface area contributed by atoms with Crippen LogP contribution in [0.25, 0.3) is 0 Å². The number of amides is 1. The molecule has 13 nitrogen and oxygen atoms in total. The summed E-state index contributed by atoms with van der Waals surface area (Å²) in [6.45, 7) is 5.61. The minimum atomic E-state index is -1.30. The van der Waals surface area contributed by atoms with Crippen LogP contribution in [0.3, 0.4) is 0 Å². The summed E-state index contributed by atoms with van der Waals surface area (Å²) in [6.07, 6.45) is -0.594. The van der Waals surface area contributed by atoms with Crippen LogP contribution < -0.4 is 21.7 Å². The molecular weight excluding hydrogens is 444 g/mol. The molecule has 0 fully saturated rings. The standard InChI is InChI=1S/C21H26N8O5/c1-11(25-16-17(22)27-21(23)28-18(16)24-2)10-29(3)13-6-4-12(5-7-13)19(32)26-14(20(33)34)8-9-15(30)31/h4-7,14H,2,8-10H2,1,3H3,(H,26,32)(H,30,31)(H,33,34)(H4,22,23,27,28)/t14-/m1/s1. The van der Waals surface area contributed by atoms with Crippen molar-refractivity contribution in [2.45, 2.75) is 25.8 Å². The first-order chi connectivity index (χ1) is 16.0. The van der Waals surface area contributed by atoms with Gasteiger partial charge in [-0.2, -0.15) is 9.97 Å². The molecule has 13 heteroatoms. The number of nitrogens with two attached hydrogens (primary N) is 2. The number of rotatable bonds is 11. The summed E-state index contributed by atoms with van der Waals surface area (Å²) in [5, 5.41) is 20.3. The third-order valence-electron chi connectivity index (χ3n) is 4.65. The van der Waals surface area contributed by atoms with Crippen molar-refractivity contribution in [2.75, 3.05) is 30.0 Å². The van der Waals surface area contributed by atoms with Gasteiger partial charge in [-0.05, 0) is 44.3 Å². The molecule has 0 saturated carbocycles. The summed E-state index contributed by atoms with van der Waals surface area (Å²) in [5.74, 6) is -2.85. The first kappa shape index (κ1) is 25.7. The molecule has 0 bridgehead atoms. The Kier molecular flexibility index (Phi) is 8.59. The SMILES string of the molecule is C=Nc1nc(N)nc(N)c1N=C(C)CN(C)c1ccc(C(=O)N[C@H](CCC(=O)O)C(=O)O)cc1. The lowest BCUT2D eigenvalue weighted by Crippen LogP contribution is -2.41. The van der Waals surface area contributed by atoms with Gasteiger partial charge in [0.05, 0.1) is 6.54 Å². The number of benzene rings is 1. The Labute approximate surface area is 195 Å². The zero-order valence-corrected chi connectivity index (χ0v) is 18.7. The van der Waals surface area contributed by atoms with Crippen molar-refractivity contribution in [2.24, 2.45) is 9.98 Å². The molecule has 1 atom stereocenters. The molecule has 0 aliphatic rings. The molecule has 0 aliphatic carbocycles. The number of nitrogen functional groups attached to an aromatic ring is 2. The van der Waals surface area contributed by atoms with Gasteiger partial charge in [-0.25, -0.2) is 14.8 Å². The van der Waals surface area contributed by atoms with Crippen molar-refractivity contribution in [1.82, 2.24) is 15.3 Å². The van der Waals surface area contributed by atoms with Gasteiger partial charge in [0.25, 0.3) is 5.91 Å². The van der Waals surface area contributed by atoms with Crippen molar-refractivity contribution >= 4 is 59.2 Å². The molecule has 0 aliphatic heterocycles. The molecule has 1 aromatic heterocycles. The van der Waals surface area contributed by atoms with E-state index in [1.165, 1.54) is 12.1 Å². The van der Waals surface area contributed by atoms with Gasteiger partial charge in [0.15, 0.2) is 11.6 Å². The number of hydrogen-bond acceptors (Lipinski definition) is 10. The van der Waals surface area contributed by atoms with Crippen molar-refractivity contribution < 1.29 is 24.6 Å². The zero-order chi connectivity index (χ0) is 25.4. The number of anilines is 3. The highest BCUT2D eigenvalue weighted by Gasteiger charge is 2.21. The van der Waals surface area contributed by atoms with Crippen LogP contribution in [-0.2, 0) is 9.59 Å². The molecule has 180 valence electrons. The van der Waals surface area contributed by atoms with Crippen molar-refractivity contribution in [3.63, 3.8) is 0 Å². The van der Waals surface area contributed by atoms with E-state index in [2.05, 4.69) is 32.0 Å². The van der Waals surface area contributed by atoms with E-state index < -0.39 is 23.9 Å². The fraction of sp³-hybridized carbons (Fsp3) is 0.286. The monoisotopic (exact) mass is 470 g/mol. The maximum absolute atomic E-state index is 12.4. The highest BCUT2D eigenvalue weighted by Crippen LogP contribution is 2.31. The first-order valence-electron chi connectivity index (χ1n) is 10.0. The van der Waals surface area contributed by atoms with Crippen LogP contribution in [0.1, 0.15) is 30.1 Å². The van der Waals surface area contributed by atoms with E-state index in [0.29, 0.717) is 12.3 Å². The maximum atomic E-state index is 12.4. The molecule has 7 N–H and O–H groups in total. The van der Waals surface area contributed by atoms with E-state index in [0.717, 1.165) is 5.69 Å². The van der Waals surface area contributed by atoms with Gasteiger partial charge in [0, 0.05) is 30.4 Å². The zero-order valence-electron chi connectivity index (χ0n) is 18.7. The Bertz CT molecular complexity index is 1120. The lowest BCUT2D eigenvalue weighted by atomic mass is 10.1. The van der Waals surface area contributed by atoms with E-state index in [-0.39, 0.29) is 41.7 Å². The normalized spacial score (nSPS) is 12.0. The number of hydrogen-bond donors (Lipinski definition) is 5. The predicted molar refractivity (Wildman–Crippen MR) is 128 cm³/mol. The summed E-state index contributed by atoms with van der Waals surface area (Å²) < 4.78 is 0. The van der Waals surface area contributed by atoms with Crippen LogP contribution in [0.15, 0.2) is 34.3 Å². The van der Waals surface area contributed by atoms with E-state index in [1.807, 2.05) is 11.9 Å². The van der Waals surface area contributed by atoms with Crippen molar-refractivity contribution in [1.29, 1.82) is 0 Å². The summed E-state index contributed by atoms with van der Waals surface area (Å²) in [6, 6.07) is 5.15. The lowest BCUT2D eigenvalue weighted by Gasteiger charge is -2.20. The Balaban J connectivity index is 2.09. The fourth-order valence-corrected chi connectivity index (χ4v) is 2.99. The highest BCUT2D eigenvalue weighted by molar-refractivity contribution is 5.97. The third-order valence-corrected chi connectivity index (χ3v) is 4.65. The number of nitrogens with one attached hydrogen (secondary N) is 1. The Morgan fingerprint density at radius 2 is 1.82 bits per heavy atom. The van der Waals surface area contributed by atoms with E-state index >= 15 is 0 Å². The van der Waals surface area contributed by atoms with Crippen LogP contribution >= 0.6 is 0 Å². The lowest BCUT2D eigenvalue weighted by molar-refractivity contribution is -0.140. The summed E-state index contributed by atoms with van der Waals surface area (Å²) in [7, 11) is 1.82. The third kappa shape index (κ3) is 6.98. The molecule has 1 amide bonds. The topological polar surface area (TPSA) is 209 Å². The quantitative estimate of drug-likeness (QED) is 0.297. The number of aliphatic imine (C=N–C) groups is 2. The number of carbonyl (C=O) groups excluding carboxylic acids is 1. The van der Waals surface area contributed by atoms with Crippen LogP contribution in [0, 0.1) is 0 Å². The van der Waals surface area contributed by atoms with Gasteiger partial charge in [0.2, 0.25) is 5.95 Å². The average Bonchev–Trinajstić information content (AvgIpc) is 2.77. The largest absolute Gasteiger partial charge is 0.481 e. The molecule has 34 heavy (non-hydrogen) atoms. The number of nitrogens with zero attached hydrogens (tertiary/aromatic N) is 5. The number of carboxylic acid groups (broad SMARTS) is 2. The van der Waals surface area contributed by atoms with Gasteiger partial charge in [-0.15, -0.1) is 0 Å². The summed E-state index contributed by atoms with van der Waals surface area (Å²) in [4.78, 5) is 52.2. The van der Waals surface area contributed by atoms with Crippen LogP contribution in [0.4, 0.5) is 29.0 Å². The van der Waals surface area contributed by atoms with Gasteiger partial charge in [0.1, 0.15) is 11.7 Å². The fourth-order valence-electron chi connectivity index (χ4n) is 2.99. The molecule has 1 aromatic carbocycles. The van der Waals surface area contributed by atoms with Gasteiger partial charge in [-0.3, -0.25) is 9.59 Å². The molecule has 0 unspecified atom stereocenters. The second-order valence-corrected chi connectivity index (χ2v) is 7.34. The smallest absolute Gasteiger partial charge is 0.326 e. The van der Waals surface area contributed by atoms with Crippen LogP contribution in [-0.4, -0.2) is 70.1 Å². The molecule has 2 aromatic rings. The maximum Gasteiger partial charge on any atom is 0.326 e. The number of carboxylic acids is 2. The Morgan fingerprint density at radius 1 is 1.18 bits per heavy atom. The molecule has 2 rings (SSSR count). The molecule has 1 heterocycles. The van der Waals surface area contributed by atoms with Crippen LogP contribution in [0.5, 0.6) is 0 Å². The first-order valence-corrected chi connectivity index (χ1v) is 10.0.